The molecule has 0 radical (unpaired) electrons. The van der Waals surface area contributed by atoms with Crippen molar-refractivity contribution in [3.05, 3.63) is 29.7 Å². The zero-order chi connectivity index (χ0) is 15.2. The van der Waals surface area contributed by atoms with E-state index in [0.717, 1.165) is 0 Å². The topological polar surface area (TPSA) is 105 Å². The lowest BCUT2D eigenvalue weighted by molar-refractivity contribution is 0.0696. The first kappa shape index (κ1) is 14.0. The number of pyridine rings is 1. The molecule has 3 heterocycles. The second-order valence-corrected chi connectivity index (χ2v) is 7.10. The van der Waals surface area contributed by atoms with Gasteiger partial charge in [0.25, 0.3) is 0 Å². The number of aromatic carboxylic acids is 1. The van der Waals surface area contributed by atoms with Crippen LogP contribution in [0.5, 0.6) is 0 Å². The lowest BCUT2D eigenvalue weighted by atomic mass is 10.1. The summed E-state index contributed by atoms with van der Waals surface area (Å²) < 4.78 is 26.1. The van der Waals surface area contributed by atoms with Crippen LogP contribution < -0.4 is 0 Å². The molecule has 2 aromatic rings. The Morgan fingerprint density at radius 1 is 1.38 bits per heavy atom. The molecular formula is C12H14N4O4S. The van der Waals surface area contributed by atoms with Gasteiger partial charge in [-0.15, -0.1) is 10.2 Å². The van der Waals surface area contributed by atoms with E-state index in [-0.39, 0.29) is 11.5 Å². The molecule has 0 unspecified atom stereocenters. The second-order valence-electron chi connectivity index (χ2n) is 5.12. The maximum atomic E-state index is 11.6. The summed E-state index contributed by atoms with van der Waals surface area (Å²) in [6.45, 7) is 0.786. The second kappa shape index (κ2) is 4.78. The van der Waals surface area contributed by atoms with Gasteiger partial charge in [0.05, 0.1) is 11.8 Å². The summed E-state index contributed by atoms with van der Waals surface area (Å²) in [6.07, 6.45) is 3.29. The Hall–Kier alpha value is -2.00. The van der Waals surface area contributed by atoms with Gasteiger partial charge in [0.1, 0.15) is 5.82 Å². The molecule has 8 nitrogen and oxygen atoms in total. The van der Waals surface area contributed by atoms with Crippen LogP contribution in [-0.2, 0) is 10.0 Å². The van der Waals surface area contributed by atoms with E-state index >= 15 is 0 Å². The molecule has 2 aromatic heterocycles. The summed E-state index contributed by atoms with van der Waals surface area (Å²) >= 11 is 0. The summed E-state index contributed by atoms with van der Waals surface area (Å²) in [5.74, 6) is -0.515. The number of nitrogens with zero attached hydrogens (tertiary/aromatic N) is 4. The SMILES string of the molecule is CS(=O)(=O)N1CC[C@@H](c2nnc3ccc(C(=O)O)cn23)C1. The van der Waals surface area contributed by atoms with Crippen molar-refractivity contribution in [2.45, 2.75) is 12.3 Å². The summed E-state index contributed by atoms with van der Waals surface area (Å²) in [7, 11) is -3.22. The van der Waals surface area contributed by atoms with Gasteiger partial charge in [-0.1, -0.05) is 0 Å². The maximum Gasteiger partial charge on any atom is 0.337 e. The van der Waals surface area contributed by atoms with Gasteiger partial charge in [-0.25, -0.2) is 17.5 Å². The van der Waals surface area contributed by atoms with Gasteiger partial charge in [0, 0.05) is 25.2 Å². The number of carbonyl (C=O) groups is 1. The number of carboxylic acid groups (broad SMARTS) is 1. The Morgan fingerprint density at radius 3 is 2.76 bits per heavy atom. The van der Waals surface area contributed by atoms with Gasteiger partial charge >= 0.3 is 5.97 Å². The number of carboxylic acids is 1. The number of aromatic nitrogens is 3. The first-order valence-electron chi connectivity index (χ1n) is 6.39. The highest BCUT2D eigenvalue weighted by atomic mass is 32.2. The molecule has 0 aromatic carbocycles. The van der Waals surface area contributed by atoms with Crippen LogP contribution in [0.4, 0.5) is 0 Å². The minimum absolute atomic E-state index is 0.0845. The lowest BCUT2D eigenvalue weighted by Crippen LogP contribution is -2.27. The highest BCUT2D eigenvalue weighted by Gasteiger charge is 2.32. The third-order valence-corrected chi connectivity index (χ3v) is 4.93. The van der Waals surface area contributed by atoms with E-state index in [1.807, 2.05) is 0 Å². The van der Waals surface area contributed by atoms with E-state index in [9.17, 15) is 13.2 Å². The molecule has 0 saturated carbocycles. The molecule has 112 valence electrons. The van der Waals surface area contributed by atoms with Crippen LogP contribution in [0, 0.1) is 0 Å². The third-order valence-electron chi connectivity index (χ3n) is 3.66. The molecule has 1 saturated heterocycles. The molecule has 1 atom stereocenters. The standard InChI is InChI=1S/C12H14N4O4S/c1-21(19,20)15-5-4-8(6-15)11-14-13-10-3-2-9(12(17)18)7-16(10)11/h2-3,7-8H,4-6H2,1H3,(H,17,18)/t8-/m1/s1. The third kappa shape index (κ3) is 2.49. The Balaban J connectivity index is 1.98. The van der Waals surface area contributed by atoms with Crippen LogP contribution in [-0.4, -0.2) is 57.7 Å². The van der Waals surface area contributed by atoms with Gasteiger partial charge < -0.3 is 5.11 Å². The number of hydrogen-bond donors (Lipinski definition) is 1. The Kier molecular flexibility index (Phi) is 3.18. The maximum absolute atomic E-state index is 11.6. The summed E-state index contributed by atoms with van der Waals surface area (Å²) in [5.41, 5.74) is 0.689. The largest absolute Gasteiger partial charge is 0.478 e. The summed E-state index contributed by atoms with van der Waals surface area (Å²) in [4.78, 5) is 11.0. The van der Waals surface area contributed by atoms with Gasteiger partial charge in [-0.3, -0.25) is 4.40 Å². The fourth-order valence-electron chi connectivity index (χ4n) is 2.55. The first-order chi connectivity index (χ1) is 9.86. The van der Waals surface area contributed by atoms with Crippen LogP contribution in [0.25, 0.3) is 5.65 Å². The molecule has 3 rings (SSSR count). The van der Waals surface area contributed by atoms with Crippen molar-refractivity contribution >= 4 is 21.6 Å². The fraction of sp³-hybridized carbons (Fsp3) is 0.417. The molecule has 9 heteroatoms. The minimum Gasteiger partial charge on any atom is -0.478 e. The monoisotopic (exact) mass is 310 g/mol. The van der Waals surface area contributed by atoms with Crippen molar-refractivity contribution in [1.82, 2.24) is 18.9 Å². The van der Waals surface area contributed by atoms with E-state index in [1.54, 1.807) is 10.5 Å². The van der Waals surface area contributed by atoms with Gasteiger partial charge in [0.15, 0.2) is 5.65 Å². The van der Waals surface area contributed by atoms with Crippen LogP contribution in [0.15, 0.2) is 18.3 Å². The van der Waals surface area contributed by atoms with Crippen molar-refractivity contribution in [2.24, 2.45) is 0 Å². The average Bonchev–Trinajstić information content (AvgIpc) is 3.03. The normalized spacial score (nSPS) is 20.1. The smallest absolute Gasteiger partial charge is 0.337 e. The molecule has 1 N–H and O–H groups in total. The molecule has 21 heavy (non-hydrogen) atoms. The molecule has 1 aliphatic rings. The number of rotatable bonds is 3. The molecule has 0 amide bonds. The Labute approximate surface area is 121 Å². The zero-order valence-corrected chi connectivity index (χ0v) is 12.1. The zero-order valence-electron chi connectivity index (χ0n) is 11.3. The van der Waals surface area contributed by atoms with Crippen LogP contribution in [0.2, 0.25) is 0 Å². The van der Waals surface area contributed by atoms with Crippen LogP contribution in [0.1, 0.15) is 28.5 Å². The fourth-order valence-corrected chi connectivity index (χ4v) is 3.44. The van der Waals surface area contributed by atoms with E-state index in [1.165, 1.54) is 22.8 Å². The number of fused-ring (bicyclic) bond motifs is 1. The van der Waals surface area contributed by atoms with E-state index in [2.05, 4.69) is 10.2 Å². The average molecular weight is 310 g/mol. The lowest BCUT2D eigenvalue weighted by Gasteiger charge is -2.12. The molecular weight excluding hydrogens is 296 g/mol. The van der Waals surface area contributed by atoms with Gasteiger partial charge in [0.2, 0.25) is 10.0 Å². The van der Waals surface area contributed by atoms with Crippen LogP contribution in [0.3, 0.4) is 0 Å². The summed E-state index contributed by atoms with van der Waals surface area (Å²) in [5, 5.41) is 17.1. The predicted molar refractivity (Wildman–Crippen MR) is 73.7 cm³/mol. The van der Waals surface area contributed by atoms with E-state index in [0.29, 0.717) is 31.0 Å². The quantitative estimate of drug-likeness (QED) is 0.867. The molecule has 0 aliphatic carbocycles. The number of sulfonamides is 1. The van der Waals surface area contributed by atoms with Crippen molar-refractivity contribution < 1.29 is 18.3 Å². The van der Waals surface area contributed by atoms with Crippen LogP contribution >= 0.6 is 0 Å². The Morgan fingerprint density at radius 2 is 2.14 bits per heavy atom. The number of hydrogen-bond acceptors (Lipinski definition) is 5. The van der Waals surface area contributed by atoms with Crippen molar-refractivity contribution in [1.29, 1.82) is 0 Å². The Bertz CT molecular complexity index is 814. The van der Waals surface area contributed by atoms with Crippen molar-refractivity contribution in [3.8, 4) is 0 Å². The highest BCUT2D eigenvalue weighted by molar-refractivity contribution is 7.88. The highest BCUT2D eigenvalue weighted by Crippen LogP contribution is 2.27. The van der Waals surface area contributed by atoms with E-state index in [4.69, 9.17) is 5.11 Å². The van der Waals surface area contributed by atoms with Gasteiger partial charge in [-0.05, 0) is 18.6 Å². The summed E-state index contributed by atoms with van der Waals surface area (Å²) in [6, 6.07) is 3.05. The predicted octanol–water partition coefficient (Wildman–Crippen LogP) is 0.176. The van der Waals surface area contributed by atoms with Gasteiger partial charge in [-0.2, -0.15) is 0 Å². The molecule has 0 bridgehead atoms. The van der Waals surface area contributed by atoms with E-state index < -0.39 is 16.0 Å². The van der Waals surface area contributed by atoms with Crippen molar-refractivity contribution in [3.63, 3.8) is 0 Å². The first-order valence-corrected chi connectivity index (χ1v) is 8.24. The van der Waals surface area contributed by atoms with Crippen molar-refractivity contribution in [2.75, 3.05) is 19.3 Å². The molecule has 0 spiro atoms. The minimum atomic E-state index is -3.22. The molecule has 1 aliphatic heterocycles. The molecule has 1 fully saturated rings.